The largest absolute Gasteiger partial charge is 0.337 e. The summed E-state index contributed by atoms with van der Waals surface area (Å²) < 4.78 is 13.3. The summed E-state index contributed by atoms with van der Waals surface area (Å²) >= 11 is 5.60. The number of rotatable bonds is 1. The Hall–Kier alpha value is -1.13. The predicted octanol–water partition coefficient (Wildman–Crippen LogP) is 1.71. The summed E-state index contributed by atoms with van der Waals surface area (Å²) in [6.45, 7) is 0. The molecule has 1 fully saturated rings. The summed E-state index contributed by atoms with van der Waals surface area (Å²) in [4.78, 5) is 13.0. The molecule has 2 N–H and O–H groups in total. The molecule has 0 unspecified atom stereocenters. The molecule has 1 amide bonds. The first-order chi connectivity index (χ1) is 7.50. The fraction of sp³-hybridized carbons (Fsp3) is 0.364. The standard InChI is InChI=1S/C11H12ClFN2O/c1-15-10(16)5-9(14)11(15)6-2-3-7(12)8(13)4-6/h2-4,9,11H,5,14H2,1H3/t9-,11-/m0/s1. The van der Waals surface area contributed by atoms with Gasteiger partial charge in [-0.15, -0.1) is 0 Å². The molecule has 0 spiro atoms. The van der Waals surface area contributed by atoms with Gasteiger partial charge >= 0.3 is 0 Å². The topological polar surface area (TPSA) is 46.3 Å². The number of benzene rings is 1. The van der Waals surface area contributed by atoms with E-state index in [1.807, 2.05) is 0 Å². The van der Waals surface area contributed by atoms with Crippen LogP contribution in [-0.4, -0.2) is 23.9 Å². The Kier molecular flexibility index (Phi) is 2.86. The zero-order chi connectivity index (χ0) is 11.9. The third kappa shape index (κ3) is 1.79. The number of nitrogens with two attached hydrogens (primary N) is 1. The number of amides is 1. The van der Waals surface area contributed by atoms with E-state index in [0.29, 0.717) is 12.0 Å². The van der Waals surface area contributed by atoms with Crippen molar-refractivity contribution in [3.05, 3.63) is 34.6 Å². The number of hydrogen-bond acceptors (Lipinski definition) is 2. The van der Waals surface area contributed by atoms with E-state index in [9.17, 15) is 9.18 Å². The molecule has 1 aromatic carbocycles. The van der Waals surface area contributed by atoms with Gasteiger partial charge in [0, 0.05) is 19.5 Å². The molecule has 0 saturated carbocycles. The van der Waals surface area contributed by atoms with E-state index >= 15 is 0 Å². The van der Waals surface area contributed by atoms with Crippen molar-refractivity contribution in [2.75, 3.05) is 7.05 Å². The number of likely N-dealkylation sites (N-methyl/N-ethyl adjacent to an activating group) is 1. The van der Waals surface area contributed by atoms with Gasteiger partial charge in [-0.25, -0.2) is 4.39 Å². The van der Waals surface area contributed by atoms with Gasteiger partial charge in [0.25, 0.3) is 0 Å². The third-order valence-electron chi connectivity index (χ3n) is 2.91. The highest BCUT2D eigenvalue weighted by Gasteiger charge is 2.36. The molecule has 16 heavy (non-hydrogen) atoms. The molecule has 1 aromatic rings. The molecule has 2 rings (SSSR count). The fourth-order valence-electron chi connectivity index (χ4n) is 2.07. The van der Waals surface area contributed by atoms with Crippen molar-refractivity contribution in [2.45, 2.75) is 18.5 Å². The number of hydrogen-bond donors (Lipinski definition) is 1. The van der Waals surface area contributed by atoms with Crippen molar-refractivity contribution in [3.8, 4) is 0 Å². The first-order valence-electron chi connectivity index (χ1n) is 4.97. The molecule has 0 aliphatic carbocycles. The van der Waals surface area contributed by atoms with Gasteiger partial charge in [-0.2, -0.15) is 0 Å². The highest BCUT2D eigenvalue weighted by Crippen LogP contribution is 2.31. The second-order valence-electron chi connectivity index (χ2n) is 3.99. The van der Waals surface area contributed by atoms with Crippen LogP contribution < -0.4 is 5.73 Å². The monoisotopic (exact) mass is 242 g/mol. The molecule has 0 aromatic heterocycles. The average Bonchev–Trinajstić information content (AvgIpc) is 2.47. The number of nitrogens with zero attached hydrogens (tertiary/aromatic N) is 1. The van der Waals surface area contributed by atoms with E-state index in [-0.39, 0.29) is 23.0 Å². The van der Waals surface area contributed by atoms with Crippen LogP contribution in [0.5, 0.6) is 0 Å². The highest BCUT2D eigenvalue weighted by atomic mass is 35.5. The quantitative estimate of drug-likeness (QED) is 0.815. The summed E-state index contributed by atoms with van der Waals surface area (Å²) in [6.07, 6.45) is 0.297. The first-order valence-corrected chi connectivity index (χ1v) is 5.34. The van der Waals surface area contributed by atoms with Crippen molar-refractivity contribution in [1.29, 1.82) is 0 Å². The Morgan fingerprint density at radius 2 is 2.25 bits per heavy atom. The zero-order valence-corrected chi connectivity index (χ0v) is 9.54. The average molecular weight is 243 g/mol. The number of likely N-dealkylation sites (tertiary alicyclic amines) is 1. The highest BCUT2D eigenvalue weighted by molar-refractivity contribution is 6.30. The van der Waals surface area contributed by atoms with Crippen molar-refractivity contribution >= 4 is 17.5 Å². The van der Waals surface area contributed by atoms with E-state index in [1.165, 1.54) is 12.1 Å². The number of halogens is 2. The lowest BCUT2D eigenvalue weighted by Gasteiger charge is -2.23. The van der Waals surface area contributed by atoms with Gasteiger partial charge in [0.1, 0.15) is 5.82 Å². The minimum atomic E-state index is -0.487. The molecule has 3 nitrogen and oxygen atoms in total. The molecule has 2 atom stereocenters. The van der Waals surface area contributed by atoms with E-state index in [2.05, 4.69) is 0 Å². The predicted molar refractivity (Wildman–Crippen MR) is 59.5 cm³/mol. The maximum atomic E-state index is 13.3. The molecule has 0 radical (unpaired) electrons. The van der Waals surface area contributed by atoms with Crippen LogP contribution in [-0.2, 0) is 4.79 Å². The minimum Gasteiger partial charge on any atom is -0.337 e. The van der Waals surface area contributed by atoms with Crippen LogP contribution >= 0.6 is 11.6 Å². The number of carbonyl (C=O) groups is 1. The SMILES string of the molecule is CN1C(=O)C[C@H](N)[C@@H]1c1ccc(Cl)c(F)c1. The number of carbonyl (C=O) groups excluding carboxylic acids is 1. The summed E-state index contributed by atoms with van der Waals surface area (Å²) in [5, 5.41) is 0.0734. The van der Waals surface area contributed by atoms with Gasteiger partial charge in [-0.3, -0.25) is 4.79 Å². The fourth-order valence-corrected chi connectivity index (χ4v) is 2.18. The molecule has 1 aliphatic rings. The van der Waals surface area contributed by atoms with Crippen LogP contribution in [0.3, 0.4) is 0 Å². The lowest BCUT2D eigenvalue weighted by atomic mass is 10.0. The summed E-state index contributed by atoms with van der Waals surface area (Å²) in [5.41, 5.74) is 6.55. The van der Waals surface area contributed by atoms with Crippen LogP contribution in [0.1, 0.15) is 18.0 Å². The van der Waals surface area contributed by atoms with Crippen molar-refractivity contribution in [2.24, 2.45) is 5.73 Å². The van der Waals surface area contributed by atoms with Gasteiger partial charge in [0.15, 0.2) is 0 Å². The molecule has 1 saturated heterocycles. The van der Waals surface area contributed by atoms with Crippen molar-refractivity contribution in [3.63, 3.8) is 0 Å². The maximum Gasteiger partial charge on any atom is 0.224 e. The van der Waals surface area contributed by atoms with E-state index in [0.717, 1.165) is 0 Å². The second-order valence-corrected chi connectivity index (χ2v) is 4.40. The lowest BCUT2D eigenvalue weighted by Crippen LogP contribution is -2.30. The molecule has 5 heteroatoms. The molecule has 86 valence electrons. The normalized spacial score (nSPS) is 25.2. The summed E-state index contributed by atoms with van der Waals surface area (Å²) in [7, 11) is 1.67. The van der Waals surface area contributed by atoms with Crippen molar-refractivity contribution < 1.29 is 9.18 Å². The third-order valence-corrected chi connectivity index (χ3v) is 3.22. The lowest BCUT2D eigenvalue weighted by molar-refractivity contribution is -0.127. The molecule has 1 aliphatic heterocycles. The van der Waals surface area contributed by atoms with Crippen molar-refractivity contribution in [1.82, 2.24) is 4.90 Å². The van der Waals surface area contributed by atoms with Crippen LogP contribution in [0, 0.1) is 5.82 Å². The van der Waals surface area contributed by atoms with Crippen LogP contribution in [0.4, 0.5) is 4.39 Å². The Bertz CT molecular complexity index is 438. The Balaban J connectivity index is 2.37. The van der Waals surface area contributed by atoms with Crippen LogP contribution in [0.25, 0.3) is 0 Å². The van der Waals surface area contributed by atoms with Crippen LogP contribution in [0.2, 0.25) is 5.02 Å². The van der Waals surface area contributed by atoms with E-state index in [1.54, 1.807) is 18.0 Å². The zero-order valence-electron chi connectivity index (χ0n) is 8.78. The van der Waals surface area contributed by atoms with Gasteiger partial charge in [0.05, 0.1) is 11.1 Å². The van der Waals surface area contributed by atoms with E-state index in [4.69, 9.17) is 17.3 Å². The summed E-state index contributed by atoms with van der Waals surface area (Å²) in [5.74, 6) is -0.507. The smallest absolute Gasteiger partial charge is 0.224 e. The maximum absolute atomic E-state index is 13.3. The molecular formula is C11H12ClFN2O. The van der Waals surface area contributed by atoms with Crippen LogP contribution in [0.15, 0.2) is 18.2 Å². The summed E-state index contributed by atoms with van der Waals surface area (Å²) in [6, 6.07) is 3.96. The Morgan fingerprint density at radius 1 is 1.56 bits per heavy atom. The van der Waals surface area contributed by atoms with E-state index < -0.39 is 5.82 Å². The molecule has 0 bridgehead atoms. The molecule has 1 heterocycles. The second kappa shape index (κ2) is 4.03. The van der Waals surface area contributed by atoms with Gasteiger partial charge in [-0.05, 0) is 17.7 Å². The minimum absolute atomic E-state index is 0.0205. The molecular weight excluding hydrogens is 231 g/mol. The van der Waals surface area contributed by atoms with Gasteiger partial charge in [0.2, 0.25) is 5.91 Å². The van der Waals surface area contributed by atoms with Gasteiger partial charge in [-0.1, -0.05) is 17.7 Å². The Labute approximate surface area is 98.0 Å². The first kappa shape index (κ1) is 11.4. The Morgan fingerprint density at radius 3 is 2.75 bits per heavy atom. The van der Waals surface area contributed by atoms with Gasteiger partial charge < -0.3 is 10.6 Å².